The van der Waals surface area contributed by atoms with E-state index in [2.05, 4.69) is 13.8 Å². The molecule has 23 heavy (non-hydrogen) atoms. The maximum Gasteiger partial charge on any atom is -0.0383 e. The van der Waals surface area contributed by atoms with Gasteiger partial charge >= 0.3 is 0 Å². The Bertz CT molecular complexity index is 315. The van der Waals surface area contributed by atoms with Crippen LogP contribution in [0.5, 0.6) is 0 Å². The summed E-state index contributed by atoms with van der Waals surface area (Å²) in [4.78, 5) is 0. The van der Waals surface area contributed by atoms with Crippen LogP contribution in [0.1, 0.15) is 110 Å². The van der Waals surface area contributed by atoms with E-state index in [-0.39, 0.29) is 0 Å². The van der Waals surface area contributed by atoms with Gasteiger partial charge < -0.3 is 0 Å². The lowest BCUT2D eigenvalue weighted by Gasteiger charge is -2.41. The molecule has 0 saturated heterocycles. The number of rotatable bonds is 5. The van der Waals surface area contributed by atoms with Gasteiger partial charge in [-0.25, -0.2) is 0 Å². The molecular weight excluding hydrogens is 276 g/mol. The molecule has 3 rings (SSSR count). The summed E-state index contributed by atoms with van der Waals surface area (Å²) in [5.41, 5.74) is 0. The first-order valence-corrected chi connectivity index (χ1v) is 11.3. The molecule has 0 aromatic rings. The molecule has 134 valence electrons. The Balaban J connectivity index is 1.41. The van der Waals surface area contributed by atoms with Crippen LogP contribution >= 0.6 is 0 Å². The number of hydrogen-bond donors (Lipinski definition) is 0. The van der Waals surface area contributed by atoms with E-state index in [1.165, 1.54) is 25.7 Å². The van der Waals surface area contributed by atoms with E-state index in [9.17, 15) is 0 Å². The smallest absolute Gasteiger partial charge is 0.0383 e. The van der Waals surface area contributed by atoms with Gasteiger partial charge in [-0.1, -0.05) is 65.2 Å². The molecule has 3 fully saturated rings. The van der Waals surface area contributed by atoms with Gasteiger partial charge in [-0.15, -0.1) is 0 Å². The Hall–Kier alpha value is 0. The van der Waals surface area contributed by atoms with Gasteiger partial charge in [0.2, 0.25) is 0 Å². The molecule has 3 aliphatic carbocycles. The number of hydrogen-bond acceptors (Lipinski definition) is 0. The van der Waals surface area contributed by atoms with Gasteiger partial charge in [-0.3, -0.25) is 0 Å². The van der Waals surface area contributed by atoms with Crippen LogP contribution in [0.25, 0.3) is 0 Å². The van der Waals surface area contributed by atoms with E-state index in [1.54, 1.807) is 70.6 Å². The first-order chi connectivity index (χ1) is 11.3. The van der Waals surface area contributed by atoms with Crippen LogP contribution in [-0.2, 0) is 0 Å². The molecule has 0 aromatic carbocycles. The minimum absolute atomic E-state index is 1.07. The molecule has 0 unspecified atom stereocenters. The molecule has 0 nitrogen and oxygen atoms in total. The summed E-state index contributed by atoms with van der Waals surface area (Å²) < 4.78 is 0. The highest BCUT2D eigenvalue weighted by Crippen LogP contribution is 2.46. The molecule has 3 aliphatic rings. The third kappa shape index (κ3) is 4.76. The van der Waals surface area contributed by atoms with Crippen molar-refractivity contribution in [2.75, 3.05) is 0 Å². The van der Waals surface area contributed by atoms with Crippen molar-refractivity contribution in [3.63, 3.8) is 0 Å². The average molecular weight is 319 g/mol. The van der Waals surface area contributed by atoms with Crippen LogP contribution in [0.15, 0.2) is 0 Å². The second-order valence-electron chi connectivity index (χ2n) is 9.45. The summed E-state index contributed by atoms with van der Waals surface area (Å²) in [7, 11) is 0. The lowest BCUT2D eigenvalue weighted by Crippen LogP contribution is -2.30. The topological polar surface area (TPSA) is 0 Å². The van der Waals surface area contributed by atoms with Gasteiger partial charge in [-0.2, -0.15) is 0 Å². The molecular formula is C23H42. The molecule has 0 N–H and O–H groups in total. The molecule has 0 heterocycles. The fraction of sp³-hybridized carbons (Fsp3) is 1.00. The zero-order valence-corrected chi connectivity index (χ0v) is 16.1. The Labute approximate surface area is 146 Å². The maximum absolute atomic E-state index is 2.40. The van der Waals surface area contributed by atoms with Crippen molar-refractivity contribution in [1.82, 2.24) is 0 Å². The Morgan fingerprint density at radius 3 is 1.70 bits per heavy atom. The van der Waals surface area contributed by atoms with Crippen molar-refractivity contribution in [3.05, 3.63) is 0 Å². The maximum atomic E-state index is 2.40. The van der Waals surface area contributed by atoms with Crippen LogP contribution in [0, 0.1) is 35.5 Å². The van der Waals surface area contributed by atoms with Gasteiger partial charge in [0.25, 0.3) is 0 Å². The van der Waals surface area contributed by atoms with E-state index in [4.69, 9.17) is 0 Å². The molecule has 0 aliphatic heterocycles. The van der Waals surface area contributed by atoms with Gasteiger partial charge in [0, 0.05) is 0 Å². The van der Waals surface area contributed by atoms with Gasteiger partial charge in [0.1, 0.15) is 0 Å². The summed E-state index contributed by atoms with van der Waals surface area (Å²) in [5, 5.41) is 0. The van der Waals surface area contributed by atoms with E-state index in [1.807, 2.05) is 0 Å². The van der Waals surface area contributed by atoms with Gasteiger partial charge in [0.15, 0.2) is 0 Å². The van der Waals surface area contributed by atoms with E-state index in [0.717, 1.165) is 35.5 Å². The van der Waals surface area contributed by atoms with E-state index in [0.29, 0.717) is 0 Å². The average Bonchev–Trinajstić information content (AvgIpc) is 2.62. The van der Waals surface area contributed by atoms with Gasteiger partial charge in [-0.05, 0) is 80.5 Å². The first-order valence-electron chi connectivity index (χ1n) is 11.3. The lowest BCUT2D eigenvalue weighted by atomic mass is 9.64. The van der Waals surface area contributed by atoms with E-state index >= 15 is 0 Å². The molecule has 3 saturated carbocycles. The third-order valence-corrected chi connectivity index (χ3v) is 8.14. The molecule has 0 heteroatoms. The van der Waals surface area contributed by atoms with Crippen LogP contribution in [0.4, 0.5) is 0 Å². The van der Waals surface area contributed by atoms with Crippen molar-refractivity contribution in [3.8, 4) is 0 Å². The summed E-state index contributed by atoms with van der Waals surface area (Å²) in [5.74, 6) is 6.59. The van der Waals surface area contributed by atoms with Crippen LogP contribution < -0.4 is 0 Å². The lowest BCUT2D eigenvalue weighted by molar-refractivity contribution is 0.0991. The highest BCUT2D eigenvalue weighted by molar-refractivity contribution is 4.86. The van der Waals surface area contributed by atoms with E-state index < -0.39 is 0 Å². The second kappa shape index (κ2) is 8.91. The van der Waals surface area contributed by atoms with Gasteiger partial charge in [0.05, 0.1) is 0 Å². The Morgan fingerprint density at radius 1 is 0.565 bits per heavy atom. The minimum atomic E-state index is 1.07. The van der Waals surface area contributed by atoms with Crippen molar-refractivity contribution in [1.29, 1.82) is 0 Å². The molecule has 0 amide bonds. The molecule has 2 atom stereocenters. The monoisotopic (exact) mass is 318 g/mol. The highest BCUT2D eigenvalue weighted by Gasteiger charge is 2.34. The molecule has 0 bridgehead atoms. The van der Waals surface area contributed by atoms with Crippen molar-refractivity contribution in [2.24, 2.45) is 35.5 Å². The standard InChI is InChI=1S/C23H42/c1-3-6-19-7-5-8-23(17-19)22-15-13-21(14-16-22)20-11-9-18(4-2)10-12-20/h18-23H,3-17H2,1-2H3/t18-,19-,20-,21?,22?,23+/m0/s1. The third-order valence-electron chi connectivity index (χ3n) is 8.14. The van der Waals surface area contributed by atoms with Crippen LogP contribution in [0.2, 0.25) is 0 Å². The zero-order valence-electron chi connectivity index (χ0n) is 16.1. The summed E-state index contributed by atoms with van der Waals surface area (Å²) in [6.07, 6.45) is 23.1. The normalized spacial score (nSPS) is 42.5. The first kappa shape index (κ1) is 17.8. The molecule has 0 aromatic heterocycles. The summed E-state index contributed by atoms with van der Waals surface area (Å²) >= 11 is 0. The predicted molar refractivity (Wildman–Crippen MR) is 102 cm³/mol. The van der Waals surface area contributed by atoms with Crippen LogP contribution in [-0.4, -0.2) is 0 Å². The highest BCUT2D eigenvalue weighted by atomic mass is 14.4. The second-order valence-corrected chi connectivity index (χ2v) is 9.45. The Morgan fingerprint density at radius 2 is 1.13 bits per heavy atom. The molecule has 0 spiro atoms. The summed E-state index contributed by atoms with van der Waals surface area (Å²) in [6.45, 7) is 4.77. The predicted octanol–water partition coefficient (Wildman–Crippen LogP) is 7.62. The van der Waals surface area contributed by atoms with Crippen molar-refractivity contribution < 1.29 is 0 Å². The van der Waals surface area contributed by atoms with Crippen molar-refractivity contribution >= 4 is 0 Å². The molecule has 0 radical (unpaired) electrons. The zero-order chi connectivity index (χ0) is 16.1. The van der Waals surface area contributed by atoms with Crippen LogP contribution in [0.3, 0.4) is 0 Å². The van der Waals surface area contributed by atoms with Crippen molar-refractivity contribution in [2.45, 2.75) is 110 Å². The fourth-order valence-corrected chi connectivity index (χ4v) is 6.59. The SMILES string of the molecule is CCC[C@H]1CCC[C@@H](C2CCC([C@H]3CC[C@H](CC)CC3)CC2)C1. The minimum Gasteiger partial charge on any atom is -0.0654 e. The quantitative estimate of drug-likeness (QED) is 0.489. The summed E-state index contributed by atoms with van der Waals surface area (Å²) in [6, 6.07) is 0. The Kier molecular flexibility index (Phi) is 6.90. The fourth-order valence-electron chi connectivity index (χ4n) is 6.59. The largest absolute Gasteiger partial charge is 0.0654 e.